The highest BCUT2D eigenvalue weighted by Crippen LogP contribution is 2.25. The zero-order chi connectivity index (χ0) is 18.8. The summed E-state index contributed by atoms with van der Waals surface area (Å²) in [5.74, 6) is -0.450. The van der Waals surface area contributed by atoms with Crippen molar-refractivity contribution < 1.29 is 9.53 Å². The molecule has 26 heavy (non-hydrogen) atoms. The highest BCUT2D eigenvalue weighted by atomic mass is 35.5. The quantitative estimate of drug-likeness (QED) is 0.348. The second-order valence-corrected chi connectivity index (χ2v) is 7.20. The van der Waals surface area contributed by atoms with Gasteiger partial charge >= 0.3 is 5.97 Å². The van der Waals surface area contributed by atoms with Gasteiger partial charge in [-0.2, -0.15) is 0 Å². The summed E-state index contributed by atoms with van der Waals surface area (Å²) < 4.78 is 5.89. The van der Waals surface area contributed by atoms with E-state index in [0.29, 0.717) is 11.4 Å². The highest BCUT2D eigenvalue weighted by molar-refractivity contribution is 6.30. The lowest BCUT2D eigenvalue weighted by atomic mass is 9.92. The van der Waals surface area contributed by atoms with Gasteiger partial charge in [0.15, 0.2) is 0 Å². The van der Waals surface area contributed by atoms with Crippen molar-refractivity contribution in [1.29, 1.82) is 0 Å². The van der Waals surface area contributed by atoms with Crippen LogP contribution in [0.2, 0.25) is 5.02 Å². The van der Waals surface area contributed by atoms with Gasteiger partial charge in [-0.15, -0.1) is 0 Å². The van der Waals surface area contributed by atoms with Gasteiger partial charge in [0.25, 0.3) is 0 Å². The summed E-state index contributed by atoms with van der Waals surface area (Å²) in [6, 6.07) is 17.6. The van der Waals surface area contributed by atoms with Crippen molar-refractivity contribution >= 4 is 17.6 Å². The topological polar surface area (TPSA) is 26.3 Å². The van der Waals surface area contributed by atoms with Crippen molar-refractivity contribution in [3.05, 3.63) is 70.7 Å². The molecule has 3 heteroatoms. The molecule has 2 rings (SSSR count). The fourth-order valence-electron chi connectivity index (χ4n) is 3.14. The van der Waals surface area contributed by atoms with Gasteiger partial charge in [-0.1, -0.05) is 80.8 Å². The minimum Gasteiger partial charge on any atom is -0.462 e. The van der Waals surface area contributed by atoms with Gasteiger partial charge < -0.3 is 4.74 Å². The Morgan fingerprint density at radius 1 is 1.04 bits per heavy atom. The predicted molar refractivity (Wildman–Crippen MR) is 109 cm³/mol. The number of hydrogen-bond acceptors (Lipinski definition) is 2. The summed E-state index contributed by atoms with van der Waals surface area (Å²) in [5.41, 5.74) is 2.03. The first-order valence-electron chi connectivity index (χ1n) is 9.63. The van der Waals surface area contributed by atoms with Crippen LogP contribution in [0.3, 0.4) is 0 Å². The molecule has 0 aliphatic rings. The lowest BCUT2D eigenvalue weighted by molar-refractivity contribution is -0.151. The maximum absolute atomic E-state index is 13.0. The van der Waals surface area contributed by atoms with Crippen LogP contribution in [0.1, 0.15) is 63.0 Å². The van der Waals surface area contributed by atoms with E-state index in [1.165, 1.54) is 12.8 Å². The number of carbonyl (C=O) groups is 1. The molecule has 0 saturated carbocycles. The second kappa shape index (κ2) is 11.0. The molecule has 2 nitrogen and oxygen atoms in total. The predicted octanol–water partition coefficient (Wildman–Crippen LogP) is 6.57. The smallest absolute Gasteiger partial charge is 0.314 e. The van der Waals surface area contributed by atoms with Crippen molar-refractivity contribution in [2.75, 3.05) is 0 Å². The Kier molecular flexibility index (Phi) is 8.70. The normalized spacial score (nSPS) is 13.2. The van der Waals surface area contributed by atoms with Gasteiger partial charge in [0, 0.05) is 5.02 Å². The summed E-state index contributed by atoms with van der Waals surface area (Å²) in [5, 5.41) is 0.689. The van der Waals surface area contributed by atoms with Crippen LogP contribution in [0.25, 0.3) is 0 Å². The molecule has 0 aliphatic heterocycles. The molecular formula is C23H29ClO2. The first kappa shape index (κ1) is 20.5. The van der Waals surface area contributed by atoms with E-state index in [1.54, 1.807) is 0 Å². The Morgan fingerprint density at radius 2 is 1.81 bits per heavy atom. The monoisotopic (exact) mass is 372 g/mol. The summed E-state index contributed by atoms with van der Waals surface area (Å²) in [6.45, 7) is 4.27. The van der Waals surface area contributed by atoms with Crippen LogP contribution in [0.5, 0.6) is 0 Å². The van der Waals surface area contributed by atoms with E-state index in [4.69, 9.17) is 16.3 Å². The van der Waals surface area contributed by atoms with Gasteiger partial charge in [-0.3, -0.25) is 4.79 Å². The molecule has 0 aromatic heterocycles. The van der Waals surface area contributed by atoms with Gasteiger partial charge in [0.1, 0.15) is 6.10 Å². The molecule has 0 heterocycles. The van der Waals surface area contributed by atoms with Crippen LogP contribution in [0.15, 0.2) is 54.6 Å². The Labute approximate surface area is 162 Å². The van der Waals surface area contributed by atoms with Crippen molar-refractivity contribution in [2.24, 2.45) is 0 Å². The molecule has 0 amide bonds. The molecule has 2 unspecified atom stereocenters. The molecule has 0 aliphatic carbocycles. The fraction of sp³-hybridized carbons (Fsp3) is 0.435. The van der Waals surface area contributed by atoms with Crippen LogP contribution >= 0.6 is 11.6 Å². The van der Waals surface area contributed by atoms with E-state index >= 15 is 0 Å². The first-order valence-corrected chi connectivity index (χ1v) is 10.0. The Hall–Kier alpha value is -1.80. The van der Waals surface area contributed by atoms with Gasteiger partial charge in [0.2, 0.25) is 0 Å². The lowest BCUT2D eigenvalue weighted by Crippen LogP contribution is -2.24. The number of esters is 1. The van der Waals surface area contributed by atoms with E-state index < -0.39 is 0 Å². The summed E-state index contributed by atoms with van der Waals surface area (Å²) in [6.07, 6.45) is 5.84. The van der Waals surface area contributed by atoms with Crippen LogP contribution in [-0.4, -0.2) is 12.1 Å². The van der Waals surface area contributed by atoms with Crippen molar-refractivity contribution in [3.8, 4) is 0 Å². The molecule has 0 bridgehead atoms. The molecule has 0 N–H and O–H groups in total. The number of unbranched alkanes of at least 4 members (excludes halogenated alkanes) is 2. The lowest BCUT2D eigenvalue weighted by Gasteiger charge is -2.22. The molecule has 0 radical (unpaired) electrons. The molecule has 2 aromatic carbocycles. The highest BCUT2D eigenvalue weighted by Gasteiger charge is 2.25. The molecule has 0 saturated heterocycles. The van der Waals surface area contributed by atoms with E-state index in [1.807, 2.05) is 54.6 Å². The SMILES string of the molecule is CCCCCC(CC)OC(=O)C(Cc1cccc(Cl)c1)c1ccccc1. The molecule has 2 aromatic rings. The molecule has 0 spiro atoms. The van der Waals surface area contributed by atoms with E-state index in [9.17, 15) is 4.79 Å². The van der Waals surface area contributed by atoms with Crippen LogP contribution in [-0.2, 0) is 16.0 Å². The zero-order valence-electron chi connectivity index (χ0n) is 15.8. The fourth-order valence-corrected chi connectivity index (χ4v) is 3.35. The van der Waals surface area contributed by atoms with Crippen molar-refractivity contribution in [2.45, 2.75) is 64.4 Å². The van der Waals surface area contributed by atoms with Gasteiger partial charge in [0.05, 0.1) is 5.92 Å². The molecule has 2 atom stereocenters. The summed E-state index contributed by atoms with van der Waals surface area (Å²) in [7, 11) is 0. The van der Waals surface area contributed by atoms with Gasteiger partial charge in [-0.25, -0.2) is 0 Å². The van der Waals surface area contributed by atoms with E-state index in [-0.39, 0.29) is 18.0 Å². The summed E-state index contributed by atoms with van der Waals surface area (Å²) in [4.78, 5) is 13.0. The zero-order valence-corrected chi connectivity index (χ0v) is 16.5. The number of ether oxygens (including phenoxy) is 1. The number of rotatable bonds is 10. The number of halogens is 1. The Bertz CT molecular complexity index is 669. The number of carbonyl (C=O) groups excluding carboxylic acids is 1. The summed E-state index contributed by atoms with van der Waals surface area (Å²) >= 11 is 6.12. The maximum atomic E-state index is 13.0. The Morgan fingerprint density at radius 3 is 2.46 bits per heavy atom. The third-order valence-corrected chi connectivity index (χ3v) is 4.92. The van der Waals surface area contributed by atoms with Crippen LogP contribution in [0, 0.1) is 0 Å². The van der Waals surface area contributed by atoms with Crippen molar-refractivity contribution in [1.82, 2.24) is 0 Å². The molecule has 0 fully saturated rings. The third-order valence-electron chi connectivity index (χ3n) is 4.68. The third kappa shape index (κ3) is 6.49. The average molecular weight is 373 g/mol. The van der Waals surface area contributed by atoms with Gasteiger partial charge in [-0.05, 0) is 48.9 Å². The Balaban J connectivity index is 2.13. The maximum Gasteiger partial charge on any atom is 0.314 e. The minimum absolute atomic E-state index is 0.000349. The van der Waals surface area contributed by atoms with Crippen LogP contribution in [0.4, 0.5) is 0 Å². The minimum atomic E-state index is -0.310. The standard InChI is InChI=1S/C23H29ClO2/c1-3-5-7-15-21(4-2)26-23(25)22(19-12-8-6-9-13-19)17-18-11-10-14-20(24)16-18/h6,8-14,16,21-22H,3-5,7,15,17H2,1-2H3. The number of hydrogen-bond donors (Lipinski definition) is 0. The molecular weight excluding hydrogens is 344 g/mol. The molecule has 140 valence electrons. The number of benzene rings is 2. The largest absolute Gasteiger partial charge is 0.462 e. The second-order valence-electron chi connectivity index (χ2n) is 6.76. The van der Waals surface area contributed by atoms with E-state index in [0.717, 1.165) is 30.4 Å². The van der Waals surface area contributed by atoms with Crippen molar-refractivity contribution in [3.63, 3.8) is 0 Å². The van der Waals surface area contributed by atoms with E-state index in [2.05, 4.69) is 13.8 Å². The first-order chi connectivity index (χ1) is 12.6. The van der Waals surface area contributed by atoms with Crippen LogP contribution < -0.4 is 0 Å². The average Bonchev–Trinajstić information content (AvgIpc) is 2.66.